The van der Waals surface area contributed by atoms with Gasteiger partial charge in [0.2, 0.25) is 0 Å². The zero-order valence-corrected chi connectivity index (χ0v) is 13.8. The molecule has 2 aromatic rings. The van der Waals surface area contributed by atoms with Crippen LogP contribution >= 0.6 is 15.9 Å². The van der Waals surface area contributed by atoms with Crippen LogP contribution in [-0.4, -0.2) is 6.54 Å². The fraction of sp³-hybridized carbons (Fsp3) is 0.294. The second-order valence-corrected chi connectivity index (χ2v) is 6.75. The summed E-state index contributed by atoms with van der Waals surface area (Å²) in [4.78, 5) is 0. The van der Waals surface area contributed by atoms with Gasteiger partial charge in [-0.3, -0.25) is 0 Å². The molecular weight excluding hydrogens is 312 g/mol. The lowest BCUT2D eigenvalue weighted by Gasteiger charge is -2.27. The van der Waals surface area contributed by atoms with Crippen molar-refractivity contribution in [3.8, 4) is 0 Å². The Bertz CT molecular complexity index is 606. The van der Waals surface area contributed by atoms with Crippen LogP contribution in [-0.2, 0) is 5.41 Å². The van der Waals surface area contributed by atoms with E-state index in [0.717, 1.165) is 22.4 Å². The predicted octanol–water partition coefficient (Wildman–Crippen LogP) is 4.73. The Morgan fingerprint density at radius 1 is 1.15 bits per heavy atom. The van der Waals surface area contributed by atoms with Crippen LogP contribution in [0, 0.1) is 6.92 Å². The number of benzene rings is 2. The Balaban J connectivity index is 2.12. The molecule has 0 spiro atoms. The summed E-state index contributed by atoms with van der Waals surface area (Å²) in [6, 6.07) is 14.6. The average Bonchev–Trinajstić information content (AvgIpc) is 2.37. The molecule has 0 aliphatic carbocycles. The molecule has 0 unspecified atom stereocenters. The van der Waals surface area contributed by atoms with Crippen LogP contribution in [0.2, 0.25) is 0 Å². The van der Waals surface area contributed by atoms with E-state index in [0.29, 0.717) is 0 Å². The molecule has 0 aromatic heterocycles. The third-order valence-corrected chi connectivity index (χ3v) is 4.03. The molecule has 0 atom stereocenters. The van der Waals surface area contributed by atoms with Gasteiger partial charge in [0.25, 0.3) is 0 Å². The monoisotopic (exact) mass is 332 g/mol. The molecule has 3 heteroatoms. The van der Waals surface area contributed by atoms with Gasteiger partial charge >= 0.3 is 0 Å². The Morgan fingerprint density at radius 2 is 1.90 bits per heavy atom. The van der Waals surface area contributed by atoms with Crippen LogP contribution in [0.1, 0.15) is 25.0 Å². The summed E-state index contributed by atoms with van der Waals surface area (Å²) in [6.45, 7) is 7.33. The zero-order valence-electron chi connectivity index (χ0n) is 12.2. The summed E-state index contributed by atoms with van der Waals surface area (Å²) in [5.41, 5.74) is 10.3. The molecule has 2 rings (SSSR count). The van der Waals surface area contributed by atoms with Crippen LogP contribution in [0.3, 0.4) is 0 Å². The Labute approximate surface area is 129 Å². The molecule has 0 amide bonds. The summed E-state index contributed by atoms with van der Waals surface area (Å²) in [7, 11) is 0. The van der Waals surface area contributed by atoms with E-state index in [1.165, 1.54) is 11.1 Å². The first-order valence-corrected chi connectivity index (χ1v) is 7.54. The first-order valence-electron chi connectivity index (χ1n) is 6.74. The van der Waals surface area contributed by atoms with Crippen molar-refractivity contribution in [3.63, 3.8) is 0 Å². The van der Waals surface area contributed by atoms with E-state index in [2.05, 4.69) is 59.4 Å². The van der Waals surface area contributed by atoms with Gasteiger partial charge in [-0.2, -0.15) is 0 Å². The molecule has 0 aliphatic rings. The molecule has 0 fully saturated rings. The van der Waals surface area contributed by atoms with E-state index < -0.39 is 0 Å². The largest absolute Gasteiger partial charge is 0.397 e. The zero-order chi connectivity index (χ0) is 14.8. The second kappa shape index (κ2) is 5.88. The number of rotatable bonds is 4. The van der Waals surface area contributed by atoms with Crippen molar-refractivity contribution in [1.82, 2.24) is 0 Å². The molecule has 3 N–H and O–H groups in total. The van der Waals surface area contributed by atoms with Crippen molar-refractivity contribution in [2.24, 2.45) is 0 Å². The van der Waals surface area contributed by atoms with Crippen molar-refractivity contribution >= 4 is 27.3 Å². The minimum atomic E-state index is 0.0289. The molecule has 106 valence electrons. The van der Waals surface area contributed by atoms with Crippen LogP contribution in [0.4, 0.5) is 11.4 Å². The van der Waals surface area contributed by atoms with Gasteiger partial charge in [-0.15, -0.1) is 0 Å². The highest BCUT2D eigenvalue weighted by Crippen LogP contribution is 2.27. The third kappa shape index (κ3) is 3.54. The fourth-order valence-corrected chi connectivity index (χ4v) is 2.57. The topological polar surface area (TPSA) is 38.0 Å². The van der Waals surface area contributed by atoms with Gasteiger partial charge in [0.1, 0.15) is 0 Å². The highest BCUT2D eigenvalue weighted by atomic mass is 79.9. The van der Waals surface area contributed by atoms with E-state index in [9.17, 15) is 0 Å². The van der Waals surface area contributed by atoms with Gasteiger partial charge in [-0.05, 0) is 42.3 Å². The maximum absolute atomic E-state index is 6.04. The van der Waals surface area contributed by atoms with Crippen LogP contribution < -0.4 is 11.1 Å². The Kier molecular flexibility index (Phi) is 4.39. The lowest BCUT2D eigenvalue weighted by Crippen LogP contribution is -2.27. The van der Waals surface area contributed by atoms with Crippen molar-refractivity contribution in [2.45, 2.75) is 26.2 Å². The standard InChI is InChI=1S/C17H21BrN2/c1-12-7-8-16(15(19)9-12)20-11-17(2,3)13-5-4-6-14(18)10-13/h4-10,20H,11,19H2,1-3H3. The molecule has 0 radical (unpaired) electrons. The molecule has 2 nitrogen and oxygen atoms in total. The Morgan fingerprint density at radius 3 is 2.55 bits per heavy atom. The van der Waals surface area contributed by atoms with E-state index in [1.54, 1.807) is 0 Å². The number of aryl methyl sites for hydroxylation is 1. The van der Waals surface area contributed by atoms with Crippen LogP contribution in [0.25, 0.3) is 0 Å². The van der Waals surface area contributed by atoms with Crippen molar-refractivity contribution in [2.75, 3.05) is 17.6 Å². The fourth-order valence-electron chi connectivity index (χ4n) is 2.17. The first kappa shape index (κ1) is 14.9. The molecular formula is C17H21BrN2. The van der Waals surface area contributed by atoms with Crippen LogP contribution in [0.15, 0.2) is 46.9 Å². The number of nitrogens with two attached hydrogens (primary N) is 1. The van der Waals surface area contributed by atoms with Crippen molar-refractivity contribution in [1.29, 1.82) is 0 Å². The van der Waals surface area contributed by atoms with Gasteiger partial charge in [0.05, 0.1) is 11.4 Å². The van der Waals surface area contributed by atoms with E-state index >= 15 is 0 Å². The molecule has 0 bridgehead atoms. The number of nitrogens with one attached hydrogen (secondary N) is 1. The van der Waals surface area contributed by atoms with Crippen molar-refractivity contribution in [3.05, 3.63) is 58.1 Å². The van der Waals surface area contributed by atoms with E-state index in [-0.39, 0.29) is 5.41 Å². The summed E-state index contributed by atoms with van der Waals surface area (Å²) in [5, 5.41) is 3.46. The number of hydrogen-bond donors (Lipinski definition) is 2. The maximum atomic E-state index is 6.04. The molecule has 0 heterocycles. The van der Waals surface area contributed by atoms with Gasteiger partial charge < -0.3 is 11.1 Å². The smallest absolute Gasteiger partial charge is 0.0574 e. The third-order valence-electron chi connectivity index (χ3n) is 3.53. The molecule has 20 heavy (non-hydrogen) atoms. The summed E-state index contributed by atoms with van der Waals surface area (Å²) in [5.74, 6) is 0. The lowest BCUT2D eigenvalue weighted by atomic mass is 9.84. The van der Waals surface area contributed by atoms with Gasteiger partial charge in [-0.25, -0.2) is 0 Å². The van der Waals surface area contributed by atoms with E-state index in [4.69, 9.17) is 5.73 Å². The van der Waals surface area contributed by atoms with Gasteiger partial charge in [0, 0.05) is 16.4 Å². The number of nitrogen functional groups attached to an aromatic ring is 1. The number of hydrogen-bond acceptors (Lipinski definition) is 2. The van der Waals surface area contributed by atoms with E-state index in [1.807, 2.05) is 25.1 Å². The van der Waals surface area contributed by atoms with Crippen LogP contribution in [0.5, 0.6) is 0 Å². The van der Waals surface area contributed by atoms with Gasteiger partial charge in [-0.1, -0.05) is 48.0 Å². The van der Waals surface area contributed by atoms with Crippen molar-refractivity contribution < 1.29 is 0 Å². The van der Waals surface area contributed by atoms with Gasteiger partial charge in [0.15, 0.2) is 0 Å². The normalized spacial score (nSPS) is 11.4. The SMILES string of the molecule is Cc1ccc(NCC(C)(C)c2cccc(Br)c2)c(N)c1. The molecule has 0 saturated heterocycles. The summed E-state index contributed by atoms with van der Waals surface area (Å²) in [6.07, 6.45) is 0. The average molecular weight is 333 g/mol. The predicted molar refractivity (Wildman–Crippen MR) is 91.2 cm³/mol. The highest BCUT2D eigenvalue weighted by molar-refractivity contribution is 9.10. The second-order valence-electron chi connectivity index (χ2n) is 5.84. The molecule has 2 aromatic carbocycles. The minimum Gasteiger partial charge on any atom is -0.397 e. The number of halogens is 1. The quantitative estimate of drug-likeness (QED) is 0.794. The summed E-state index contributed by atoms with van der Waals surface area (Å²) < 4.78 is 1.11. The Hall–Kier alpha value is -1.48. The lowest BCUT2D eigenvalue weighted by molar-refractivity contribution is 0.557. The first-order chi connectivity index (χ1) is 9.38. The minimum absolute atomic E-state index is 0.0289. The summed E-state index contributed by atoms with van der Waals surface area (Å²) >= 11 is 3.53. The number of anilines is 2. The molecule has 0 aliphatic heterocycles. The molecule has 0 saturated carbocycles. The maximum Gasteiger partial charge on any atom is 0.0574 e. The highest BCUT2D eigenvalue weighted by Gasteiger charge is 2.20.